The van der Waals surface area contributed by atoms with E-state index in [0.717, 1.165) is 13.0 Å². The van der Waals surface area contributed by atoms with Crippen LogP contribution in [0.1, 0.15) is 27.2 Å². The number of amides is 1. The summed E-state index contributed by atoms with van der Waals surface area (Å²) in [7, 11) is 3.98. The maximum absolute atomic E-state index is 11.9. The second-order valence-corrected chi connectivity index (χ2v) is 4.76. The molecule has 2 unspecified atom stereocenters. The largest absolute Gasteiger partial charge is 0.352 e. The molecule has 0 spiro atoms. The third kappa shape index (κ3) is 4.62. The highest BCUT2D eigenvalue weighted by molar-refractivity contribution is 5.82. The summed E-state index contributed by atoms with van der Waals surface area (Å²) in [4.78, 5) is 14.0. The Morgan fingerprint density at radius 3 is 2.40 bits per heavy atom. The van der Waals surface area contributed by atoms with Crippen molar-refractivity contribution in [2.45, 2.75) is 33.2 Å². The Bertz CT molecular complexity index is 200. The highest BCUT2D eigenvalue weighted by atomic mass is 16.2. The van der Waals surface area contributed by atoms with E-state index in [2.05, 4.69) is 10.2 Å². The minimum absolute atomic E-state index is 0.0573. The van der Waals surface area contributed by atoms with Crippen molar-refractivity contribution in [3.63, 3.8) is 0 Å². The van der Waals surface area contributed by atoms with Gasteiger partial charge in [0.05, 0.1) is 5.41 Å². The van der Waals surface area contributed by atoms with Gasteiger partial charge in [0.15, 0.2) is 0 Å². The highest BCUT2D eigenvalue weighted by Gasteiger charge is 2.30. The maximum atomic E-state index is 11.9. The van der Waals surface area contributed by atoms with E-state index in [9.17, 15) is 4.79 Å². The molecule has 1 amide bonds. The molecule has 0 radical (unpaired) electrons. The van der Waals surface area contributed by atoms with E-state index in [1.54, 1.807) is 0 Å². The molecule has 4 nitrogen and oxygen atoms in total. The van der Waals surface area contributed by atoms with Crippen molar-refractivity contribution in [2.75, 3.05) is 27.2 Å². The van der Waals surface area contributed by atoms with Gasteiger partial charge in [-0.2, -0.15) is 0 Å². The van der Waals surface area contributed by atoms with Crippen LogP contribution in [-0.2, 0) is 4.79 Å². The topological polar surface area (TPSA) is 58.4 Å². The Morgan fingerprint density at radius 1 is 1.53 bits per heavy atom. The average molecular weight is 215 g/mol. The van der Waals surface area contributed by atoms with Crippen molar-refractivity contribution in [2.24, 2.45) is 11.1 Å². The monoisotopic (exact) mass is 215 g/mol. The molecule has 0 aromatic carbocycles. The smallest absolute Gasteiger partial charge is 0.227 e. The van der Waals surface area contributed by atoms with Gasteiger partial charge in [0.25, 0.3) is 0 Å². The van der Waals surface area contributed by atoms with E-state index in [1.807, 2.05) is 34.9 Å². The molecule has 3 N–H and O–H groups in total. The van der Waals surface area contributed by atoms with Gasteiger partial charge in [0, 0.05) is 19.1 Å². The standard InChI is InChI=1S/C11H25N3O/c1-6-11(3,8-12)10(15)13-9(2)7-14(4)5/h9H,6-8,12H2,1-5H3,(H,13,15). The lowest BCUT2D eigenvalue weighted by Crippen LogP contribution is -2.49. The minimum Gasteiger partial charge on any atom is -0.352 e. The summed E-state index contributed by atoms with van der Waals surface area (Å²) in [5.41, 5.74) is 5.19. The molecule has 0 aromatic rings. The number of hydrogen-bond acceptors (Lipinski definition) is 3. The zero-order chi connectivity index (χ0) is 12.1. The van der Waals surface area contributed by atoms with Crippen LogP contribution in [0.4, 0.5) is 0 Å². The van der Waals surface area contributed by atoms with Gasteiger partial charge in [-0.05, 0) is 34.4 Å². The Balaban J connectivity index is 4.23. The number of nitrogens with one attached hydrogen (secondary N) is 1. The highest BCUT2D eigenvalue weighted by Crippen LogP contribution is 2.19. The van der Waals surface area contributed by atoms with E-state index in [-0.39, 0.29) is 11.9 Å². The number of rotatable bonds is 6. The quantitative estimate of drug-likeness (QED) is 0.675. The molecule has 0 rings (SSSR count). The molecular weight excluding hydrogens is 190 g/mol. The van der Waals surface area contributed by atoms with E-state index >= 15 is 0 Å². The molecular formula is C11H25N3O. The van der Waals surface area contributed by atoms with Crippen LogP contribution in [0.15, 0.2) is 0 Å². The van der Waals surface area contributed by atoms with Crippen LogP contribution in [0, 0.1) is 5.41 Å². The SMILES string of the molecule is CCC(C)(CN)C(=O)NC(C)CN(C)C. The van der Waals surface area contributed by atoms with Crippen LogP contribution < -0.4 is 11.1 Å². The molecule has 0 saturated heterocycles. The molecule has 15 heavy (non-hydrogen) atoms. The van der Waals surface area contributed by atoms with Gasteiger partial charge in [-0.3, -0.25) is 4.79 Å². The molecule has 0 bridgehead atoms. The number of carbonyl (C=O) groups excluding carboxylic acids is 1. The second-order valence-electron chi connectivity index (χ2n) is 4.76. The van der Waals surface area contributed by atoms with E-state index < -0.39 is 5.41 Å². The molecule has 90 valence electrons. The average Bonchev–Trinajstić information content (AvgIpc) is 2.15. The van der Waals surface area contributed by atoms with Crippen molar-refractivity contribution in [3.05, 3.63) is 0 Å². The van der Waals surface area contributed by atoms with Crippen molar-refractivity contribution < 1.29 is 4.79 Å². The number of nitrogens with two attached hydrogens (primary N) is 1. The van der Waals surface area contributed by atoms with E-state index in [1.165, 1.54) is 0 Å². The van der Waals surface area contributed by atoms with Gasteiger partial charge in [0.2, 0.25) is 5.91 Å². The molecule has 0 saturated carbocycles. The summed E-state index contributed by atoms with van der Waals surface area (Å²) in [6.45, 7) is 7.14. The van der Waals surface area contributed by atoms with Crippen LogP contribution in [0.25, 0.3) is 0 Å². The van der Waals surface area contributed by atoms with Gasteiger partial charge in [0.1, 0.15) is 0 Å². The minimum atomic E-state index is -0.430. The summed E-state index contributed by atoms with van der Waals surface area (Å²) in [6, 6.07) is 0.157. The van der Waals surface area contributed by atoms with Crippen molar-refractivity contribution >= 4 is 5.91 Å². The van der Waals surface area contributed by atoms with Gasteiger partial charge in [-0.25, -0.2) is 0 Å². The zero-order valence-electron chi connectivity index (χ0n) is 10.6. The lowest BCUT2D eigenvalue weighted by Gasteiger charge is -2.28. The predicted octanol–water partition coefficient (Wildman–Crippen LogP) is 0.428. The maximum Gasteiger partial charge on any atom is 0.227 e. The normalized spacial score (nSPS) is 17.3. The number of nitrogens with zero attached hydrogens (tertiary/aromatic N) is 1. The summed E-state index contributed by atoms with van der Waals surface area (Å²) in [6.07, 6.45) is 0.768. The molecule has 4 heteroatoms. The first-order valence-corrected chi connectivity index (χ1v) is 5.51. The van der Waals surface area contributed by atoms with Crippen molar-refractivity contribution in [3.8, 4) is 0 Å². The predicted molar refractivity (Wildman–Crippen MR) is 63.6 cm³/mol. The lowest BCUT2D eigenvalue weighted by molar-refractivity contribution is -0.130. The fourth-order valence-electron chi connectivity index (χ4n) is 1.39. The Morgan fingerprint density at radius 2 is 2.07 bits per heavy atom. The zero-order valence-corrected chi connectivity index (χ0v) is 10.6. The third-order valence-electron chi connectivity index (χ3n) is 2.80. The molecule has 0 aliphatic rings. The Labute approximate surface area is 93.2 Å². The first-order chi connectivity index (χ1) is 6.85. The van der Waals surface area contributed by atoms with Crippen LogP contribution >= 0.6 is 0 Å². The van der Waals surface area contributed by atoms with Gasteiger partial charge in [-0.1, -0.05) is 6.92 Å². The van der Waals surface area contributed by atoms with E-state index in [0.29, 0.717) is 6.54 Å². The lowest BCUT2D eigenvalue weighted by atomic mass is 9.86. The number of carbonyl (C=O) groups is 1. The third-order valence-corrected chi connectivity index (χ3v) is 2.80. The van der Waals surface area contributed by atoms with Crippen LogP contribution in [-0.4, -0.2) is 44.0 Å². The van der Waals surface area contributed by atoms with Crippen molar-refractivity contribution in [1.82, 2.24) is 10.2 Å². The number of likely N-dealkylation sites (N-methyl/N-ethyl adjacent to an activating group) is 1. The Kier molecular flexibility index (Phi) is 5.83. The summed E-state index contributed by atoms with van der Waals surface area (Å²) < 4.78 is 0. The molecule has 0 fully saturated rings. The first-order valence-electron chi connectivity index (χ1n) is 5.51. The second kappa shape index (κ2) is 6.08. The fourth-order valence-corrected chi connectivity index (χ4v) is 1.39. The first kappa shape index (κ1) is 14.4. The Hall–Kier alpha value is -0.610. The van der Waals surface area contributed by atoms with E-state index in [4.69, 9.17) is 5.73 Å². The van der Waals surface area contributed by atoms with Gasteiger partial charge >= 0.3 is 0 Å². The summed E-state index contributed by atoms with van der Waals surface area (Å²) >= 11 is 0. The molecule has 0 heterocycles. The van der Waals surface area contributed by atoms with Gasteiger partial charge < -0.3 is 16.0 Å². The molecule has 0 aliphatic carbocycles. The van der Waals surface area contributed by atoms with Crippen molar-refractivity contribution in [1.29, 1.82) is 0 Å². The summed E-state index contributed by atoms with van der Waals surface area (Å²) in [5.74, 6) is 0.0573. The summed E-state index contributed by atoms with van der Waals surface area (Å²) in [5, 5.41) is 2.99. The van der Waals surface area contributed by atoms with Gasteiger partial charge in [-0.15, -0.1) is 0 Å². The fraction of sp³-hybridized carbons (Fsp3) is 0.909. The van der Waals surface area contributed by atoms with Crippen LogP contribution in [0.5, 0.6) is 0 Å². The molecule has 2 atom stereocenters. The number of hydrogen-bond donors (Lipinski definition) is 2. The van der Waals surface area contributed by atoms with Crippen LogP contribution in [0.2, 0.25) is 0 Å². The van der Waals surface area contributed by atoms with Crippen LogP contribution in [0.3, 0.4) is 0 Å². The molecule has 0 aromatic heterocycles. The molecule has 0 aliphatic heterocycles.